The van der Waals surface area contributed by atoms with Crippen LogP contribution in [0.25, 0.3) is 0 Å². The summed E-state index contributed by atoms with van der Waals surface area (Å²) >= 11 is 6.16. The number of halogens is 1. The van der Waals surface area contributed by atoms with Crippen molar-refractivity contribution < 1.29 is 8.42 Å². The second-order valence-corrected chi connectivity index (χ2v) is 11.0. The van der Waals surface area contributed by atoms with Gasteiger partial charge in [0.1, 0.15) is 0 Å². The molecule has 0 unspecified atom stereocenters. The molecule has 160 valence electrons. The van der Waals surface area contributed by atoms with E-state index in [9.17, 15) is 8.42 Å². The Bertz CT molecular complexity index is 1190. The third-order valence-electron chi connectivity index (χ3n) is 6.93. The predicted molar refractivity (Wildman–Crippen MR) is 125 cm³/mol. The SMILES string of the molecule is Cc1ccc(S(=O)(=O)N2CC[C@H]3c4ccccc4CC[C@@H]3[C@@H]2c2ccc(Cl)cc2)cc1. The zero-order chi connectivity index (χ0) is 21.6. The summed E-state index contributed by atoms with van der Waals surface area (Å²) in [5.74, 6) is 0.611. The number of hydrogen-bond acceptors (Lipinski definition) is 2. The number of sulfonamides is 1. The first kappa shape index (κ1) is 20.7. The first-order valence-corrected chi connectivity index (χ1v) is 12.7. The summed E-state index contributed by atoms with van der Waals surface area (Å²) in [6.45, 7) is 2.48. The highest BCUT2D eigenvalue weighted by Gasteiger charge is 2.46. The Hall–Kier alpha value is -2.14. The molecule has 3 nitrogen and oxygen atoms in total. The van der Waals surface area contributed by atoms with Gasteiger partial charge in [-0.2, -0.15) is 4.31 Å². The maximum absolute atomic E-state index is 13.8. The van der Waals surface area contributed by atoms with E-state index in [1.165, 1.54) is 11.1 Å². The topological polar surface area (TPSA) is 37.4 Å². The minimum absolute atomic E-state index is 0.198. The lowest BCUT2D eigenvalue weighted by Crippen LogP contribution is -2.46. The van der Waals surface area contributed by atoms with Crippen LogP contribution in [-0.2, 0) is 16.4 Å². The fraction of sp³-hybridized carbons (Fsp3) is 0.308. The van der Waals surface area contributed by atoms with Crippen LogP contribution < -0.4 is 0 Å². The molecular formula is C26H26ClNO2S. The number of piperidine rings is 1. The van der Waals surface area contributed by atoms with Gasteiger partial charge in [0.25, 0.3) is 0 Å². The number of aryl methyl sites for hydroxylation is 2. The lowest BCUT2D eigenvalue weighted by Gasteiger charge is -2.47. The van der Waals surface area contributed by atoms with E-state index in [4.69, 9.17) is 11.6 Å². The van der Waals surface area contributed by atoms with Crippen molar-refractivity contribution in [3.8, 4) is 0 Å². The van der Waals surface area contributed by atoms with Crippen LogP contribution in [0.3, 0.4) is 0 Å². The molecule has 3 aromatic rings. The van der Waals surface area contributed by atoms with Gasteiger partial charge in [0.15, 0.2) is 0 Å². The van der Waals surface area contributed by atoms with E-state index < -0.39 is 10.0 Å². The molecule has 5 rings (SSSR count). The van der Waals surface area contributed by atoms with Crippen molar-refractivity contribution in [2.45, 2.75) is 43.0 Å². The highest BCUT2D eigenvalue weighted by atomic mass is 35.5. The average Bonchev–Trinajstić information content (AvgIpc) is 2.79. The molecule has 0 spiro atoms. The molecule has 0 radical (unpaired) electrons. The summed E-state index contributed by atoms with van der Waals surface area (Å²) in [6, 6.07) is 23.4. The van der Waals surface area contributed by atoms with E-state index in [2.05, 4.69) is 24.3 Å². The van der Waals surface area contributed by atoms with E-state index in [0.29, 0.717) is 22.4 Å². The van der Waals surface area contributed by atoms with Gasteiger partial charge < -0.3 is 0 Å². The molecular weight excluding hydrogens is 426 g/mol. The lowest BCUT2D eigenvalue weighted by atomic mass is 9.67. The molecule has 0 aromatic heterocycles. The third-order valence-corrected chi connectivity index (χ3v) is 9.08. The normalized spacial score (nSPS) is 23.7. The van der Waals surface area contributed by atoms with Gasteiger partial charge in [-0.1, -0.05) is 65.7 Å². The summed E-state index contributed by atoms with van der Waals surface area (Å²) in [5.41, 5.74) is 4.88. The average molecular weight is 452 g/mol. The largest absolute Gasteiger partial charge is 0.243 e. The molecule has 0 bridgehead atoms. The van der Waals surface area contributed by atoms with Crippen LogP contribution in [0.4, 0.5) is 0 Å². The maximum Gasteiger partial charge on any atom is 0.243 e. The number of fused-ring (bicyclic) bond motifs is 3. The van der Waals surface area contributed by atoms with E-state index in [0.717, 1.165) is 30.4 Å². The summed E-state index contributed by atoms with van der Waals surface area (Å²) < 4.78 is 29.3. The molecule has 5 heteroatoms. The molecule has 0 amide bonds. The van der Waals surface area contributed by atoms with E-state index in [-0.39, 0.29) is 12.0 Å². The Morgan fingerprint density at radius 1 is 0.903 bits per heavy atom. The van der Waals surface area contributed by atoms with E-state index in [1.807, 2.05) is 43.3 Å². The molecule has 3 aromatic carbocycles. The molecule has 31 heavy (non-hydrogen) atoms. The van der Waals surface area contributed by atoms with Gasteiger partial charge in [-0.05, 0) is 79.0 Å². The summed E-state index contributed by atoms with van der Waals surface area (Å²) in [5, 5.41) is 0.665. The summed E-state index contributed by atoms with van der Waals surface area (Å²) in [7, 11) is -3.61. The Kier molecular flexibility index (Phi) is 5.41. The van der Waals surface area contributed by atoms with Gasteiger partial charge in [0.2, 0.25) is 10.0 Å². The highest BCUT2D eigenvalue weighted by Crippen LogP contribution is 2.51. The molecule has 2 aliphatic rings. The van der Waals surface area contributed by atoms with Crippen LogP contribution in [0.15, 0.2) is 77.7 Å². The van der Waals surface area contributed by atoms with Crippen molar-refractivity contribution in [3.05, 3.63) is 100 Å². The monoisotopic (exact) mass is 451 g/mol. The van der Waals surface area contributed by atoms with Crippen LogP contribution in [0.2, 0.25) is 5.02 Å². The highest BCUT2D eigenvalue weighted by molar-refractivity contribution is 7.89. The van der Waals surface area contributed by atoms with Crippen molar-refractivity contribution in [1.29, 1.82) is 0 Å². The maximum atomic E-state index is 13.8. The Balaban J connectivity index is 1.60. The van der Waals surface area contributed by atoms with Gasteiger partial charge in [-0.25, -0.2) is 8.42 Å². The molecule has 1 heterocycles. The second-order valence-electron chi connectivity index (χ2n) is 8.72. The zero-order valence-electron chi connectivity index (χ0n) is 17.5. The van der Waals surface area contributed by atoms with Gasteiger partial charge in [-0.15, -0.1) is 0 Å². The molecule has 1 saturated heterocycles. The van der Waals surface area contributed by atoms with Crippen LogP contribution in [0.1, 0.15) is 47.1 Å². The third kappa shape index (κ3) is 3.71. The second kappa shape index (κ2) is 8.09. The van der Waals surface area contributed by atoms with E-state index >= 15 is 0 Å². The van der Waals surface area contributed by atoms with Crippen molar-refractivity contribution in [3.63, 3.8) is 0 Å². The standard InChI is InChI=1S/C26H26ClNO2S/c1-18-6-13-22(14-7-18)31(29,30)28-17-16-24-23-5-3-2-4-19(23)10-15-25(24)26(28)20-8-11-21(27)12-9-20/h2-9,11-14,24-26H,10,15-17H2,1H3/t24-,25-,26-/m0/s1. The Labute approximate surface area is 189 Å². The van der Waals surface area contributed by atoms with Gasteiger partial charge in [0.05, 0.1) is 10.9 Å². The molecule has 1 fully saturated rings. The van der Waals surface area contributed by atoms with Crippen LogP contribution >= 0.6 is 11.6 Å². The molecule has 0 saturated carbocycles. The zero-order valence-corrected chi connectivity index (χ0v) is 19.1. The first-order chi connectivity index (χ1) is 14.9. The lowest BCUT2D eigenvalue weighted by molar-refractivity contribution is 0.135. The molecule has 3 atom stereocenters. The fourth-order valence-corrected chi connectivity index (χ4v) is 7.23. The quantitative estimate of drug-likeness (QED) is 0.480. The number of nitrogens with zero attached hydrogens (tertiary/aromatic N) is 1. The van der Waals surface area contributed by atoms with Crippen molar-refractivity contribution in [2.24, 2.45) is 5.92 Å². The van der Waals surface area contributed by atoms with Crippen LogP contribution in [0, 0.1) is 12.8 Å². The van der Waals surface area contributed by atoms with Crippen LogP contribution in [-0.4, -0.2) is 19.3 Å². The van der Waals surface area contributed by atoms with Crippen molar-refractivity contribution in [1.82, 2.24) is 4.31 Å². The van der Waals surface area contributed by atoms with Gasteiger partial charge in [0, 0.05) is 11.6 Å². The van der Waals surface area contributed by atoms with E-state index in [1.54, 1.807) is 16.4 Å². The summed E-state index contributed by atoms with van der Waals surface area (Å²) in [6.07, 6.45) is 2.81. The predicted octanol–water partition coefficient (Wildman–Crippen LogP) is 6.13. The number of benzene rings is 3. The van der Waals surface area contributed by atoms with Crippen molar-refractivity contribution >= 4 is 21.6 Å². The van der Waals surface area contributed by atoms with Gasteiger partial charge >= 0.3 is 0 Å². The number of rotatable bonds is 3. The van der Waals surface area contributed by atoms with Crippen molar-refractivity contribution in [2.75, 3.05) is 6.54 Å². The Morgan fingerprint density at radius 2 is 1.61 bits per heavy atom. The number of hydrogen-bond donors (Lipinski definition) is 0. The molecule has 0 N–H and O–H groups in total. The summed E-state index contributed by atoms with van der Waals surface area (Å²) in [4.78, 5) is 0.367. The molecule has 1 aliphatic heterocycles. The minimum atomic E-state index is -3.61. The van der Waals surface area contributed by atoms with Gasteiger partial charge in [-0.3, -0.25) is 0 Å². The fourth-order valence-electron chi connectivity index (χ4n) is 5.43. The first-order valence-electron chi connectivity index (χ1n) is 10.9. The minimum Gasteiger partial charge on any atom is -0.207 e. The Morgan fingerprint density at radius 3 is 2.35 bits per heavy atom. The smallest absolute Gasteiger partial charge is 0.207 e. The van der Waals surface area contributed by atoms with Crippen LogP contribution in [0.5, 0.6) is 0 Å². The molecule has 1 aliphatic carbocycles.